The second-order valence-corrected chi connectivity index (χ2v) is 7.78. The van der Waals surface area contributed by atoms with E-state index in [9.17, 15) is 4.79 Å². The summed E-state index contributed by atoms with van der Waals surface area (Å²) >= 11 is 5.06. The van der Waals surface area contributed by atoms with Crippen LogP contribution < -0.4 is 5.32 Å². The quantitative estimate of drug-likeness (QED) is 0.597. The maximum atomic E-state index is 12.2. The predicted octanol–water partition coefficient (Wildman–Crippen LogP) is 4.11. The maximum Gasteiger partial charge on any atom is 0.251 e. The standard InChI is InChI=1S/C19H19BrN4OS/c1-13-4-3-5-15(10-13)18(25)21-11-17-22-23-19(24(17)2)26-12-14-6-8-16(20)9-7-14/h3-10H,11-12H2,1-2H3,(H,21,25). The number of thioether (sulfide) groups is 1. The number of carbonyl (C=O) groups excluding carboxylic acids is 1. The van der Waals surface area contributed by atoms with Crippen LogP contribution in [0.25, 0.3) is 0 Å². The third-order valence-corrected chi connectivity index (χ3v) is 5.51. The molecule has 1 aromatic heterocycles. The molecule has 3 rings (SSSR count). The summed E-state index contributed by atoms with van der Waals surface area (Å²) in [4.78, 5) is 12.2. The molecule has 0 fully saturated rings. The number of rotatable bonds is 6. The number of nitrogens with one attached hydrogen (secondary N) is 1. The van der Waals surface area contributed by atoms with Gasteiger partial charge in [-0.2, -0.15) is 0 Å². The number of nitrogens with zero attached hydrogens (tertiary/aromatic N) is 3. The van der Waals surface area contributed by atoms with Gasteiger partial charge in [0.2, 0.25) is 0 Å². The number of aryl methyl sites for hydroxylation is 1. The zero-order valence-corrected chi connectivity index (χ0v) is 17.0. The molecule has 0 spiro atoms. The highest BCUT2D eigenvalue weighted by Crippen LogP contribution is 2.22. The highest BCUT2D eigenvalue weighted by molar-refractivity contribution is 9.10. The lowest BCUT2D eigenvalue weighted by Crippen LogP contribution is -2.24. The van der Waals surface area contributed by atoms with Gasteiger partial charge in [0.1, 0.15) is 0 Å². The van der Waals surface area contributed by atoms with Gasteiger partial charge in [0, 0.05) is 22.8 Å². The number of amides is 1. The Morgan fingerprint density at radius 1 is 1.19 bits per heavy atom. The number of hydrogen-bond donors (Lipinski definition) is 1. The van der Waals surface area contributed by atoms with Crippen LogP contribution in [-0.4, -0.2) is 20.7 Å². The van der Waals surface area contributed by atoms with E-state index in [0.717, 1.165) is 26.8 Å². The maximum absolute atomic E-state index is 12.2. The number of halogens is 1. The highest BCUT2D eigenvalue weighted by atomic mass is 79.9. The number of aromatic nitrogens is 3. The van der Waals surface area contributed by atoms with Gasteiger partial charge in [-0.1, -0.05) is 57.5 Å². The molecule has 2 aromatic carbocycles. The van der Waals surface area contributed by atoms with Gasteiger partial charge < -0.3 is 9.88 Å². The first kappa shape index (κ1) is 18.7. The van der Waals surface area contributed by atoms with E-state index in [1.54, 1.807) is 17.8 Å². The van der Waals surface area contributed by atoms with Crippen molar-refractivity contribution in [3.63, 3.8) is 0 Å². The Balaban J connectivity index is 1.58. The first-order valence-electron chi connectivity index (χ1n) is 8.13. The van der Waals surface area contributed by atoms with E-state index in [4.69, 9.17) is 0 Å². The second kappa shape index (κ2) is 8.51. The second-order valence-electron chi connectivity index (χ2n) is 5.93. The van der Waals surface area contributed by atoms with Crippen LogP contribution in [-0.2, 0) is 19.3 Å². The Bertz CT molecular complexity index is 908. The molecule has 3 aromatic rings. The summed E-state index contributed by atoms with van der Waals surface area (Å²) in [7, 11) is 1.91. The van der Waals surface area contributed by atoms with E-state index in [0.29, 0.717) is 12.1 Å². The summed E-state index contributed by atoms with van der Waals surface area (Å²) in [6.45, 7) is 2.31. The molecule has 0 bridgehead atoms. The van der Waals surface area contributed by atoms with Crippen LogP contribution in [0, 0.1) is 6.92 Å². The smallest absolute Gasteiger partial charge is 0.251 e. The minimum absolute atomic E-state index is 0.110. The lowest BCUT2D eigenvalue weighted by molar-refractivity contribution is 0.0949. The van der Waals surface area contributed by atoms with Gasteiger partial charge in [-0.25, -0.2) is 0 Å². The van der Waals surface area contributed by atoms with E-state index in [2.05, 4.69) is 43.6 Å². The van der Waals surface area contributed by atoms with Gasteiger partial charge in [-0.05, 0) is 36.8 Å². The Labute approximate surface area is 165 Å². The molecule has 0 radical (unpaired) electrons. The van der Waals surface area contributed by atoms with Crippen LogP contribution in [0.15, 0.2) is 58.2 Å². The normalized spacial score (nSPS) is 10.7. The molecule has 0 aliphatic rings. The van der Waals surface area contributed by atoms with E-state index in [1.165, 1.54) is 5.56 Å². The molecule has 0 aliphatic carbocycles. The highest BCUT2D eigenvalue weighted by Gasteiger charge is 2.11. The monoisotopic (exact) mass is 430 g/mol. The van der Waals surface area contributed by atoms with Crippen molar-refractivity contribution in [3.05, 3.63) is 75.5 Å². The number of carbonyl (C=O) groups is 1. The number of hydrogen-bond acceptors (Lipinski definition) is 4. The van der Waals surface area contributed by atoms with Crippen LogP contribution in [0.5, 0.6) is 0 Å². The average molecular weight is 431 g/mol. The summed E-state index contributed by atoms with van der Waals surface area (Å²) in [6, 6.07) is 15.7. The van der Waals surface area contributed by atoms with Gasteiger partial charge in [0.25, 0.3) is 5.91 Å². The van der Waals surface area contributed by atoms with Crippen LogP contribution in [0.1, 0.15) is 27.3 Å². The molecule has 5 nitrogen and oxygen atoms in total. The summed E-state index contributed by atoms with van der Waals surface area (Å²) in [5.41, 5.74) is 2.93. The first-order valence-corrected chi connectivity index (χ1v) is 9.91. The molecule has 1 heterocycles. The summed E-state index contributed by atoms with van der Waals surface area (Å²) in [5.74, 6) is 1.43. The number of benzene rings is 2. The van der Waals surface area contributed by atoms with Crippen molar-refractivity contribution in [3.8, 4) is 0 Å². The largest absolute Gasteiger partial charge is 0.345 e. The van der Waals surface area contributed by atoms with Crippen molar-refractivity contribution in [2.24, 2.45) is 7.05 Å². The molecule has 0 saturated carbocycles. The van der Waals surface area contributed by atoms with Crippen LogP contribution in [0.3, 0.4) is 0 Å². The van der Waals surface area contributed by atoms with E-state index in [-0.39, 0.29) is 5.91 Å². The Hall–Kier alpha value is -2.12. The molecule has 0 saturated heterocycles. The third kappa shape index (κ3) is 4.74. The summed E-state index contributed by atoms with van der Waals surface area (Å²) in [6.07, 6.45) is 0. The van der Waals surface area contributed by atoms with Gasteiger partial charge >= 0.3 is 0 Å². The predicted molar refractivity (Wildman–Crippen MR) is 107 cm³/mol. The van der Waals surface area contributed by atoms with Crippen LogP contribution in [0.2, 0.25) is 0 Å². The van der Waals surface area contributed by atoms with Crippen molar-refractivity contribution in [2.75, 3.05) is 0 Å². The fourth-order valence-electron chi connectivity index (χ4n) is 2.40. The molecule has 0 unspecified atom stereocenters. The van der Waals surface area contributed by atoms with Gasteiger partial charge in [-0.15, -0.1) is 10.2 Å². The molecule has 1 amide bonds. The van der Waals surface area contributed by atoms with Gasteiger partial charge in [-0.3, -0.25) is 4.79 Å². The van der Waals surface area contributed by atoms with Gasteiger partial charge in [0.15, 0.2) is 11.0 Å². The van der Waals surface area contributed by atoms with Crippen LogP contribution >= 0.6 is 27.7 Å². The van der Waals surface area contributed by atoms with Crippen molar-refractivity contribution in [1.29, 1.82) is 0 Å². The lowest BCUT2D eigenvalue weighted by Gasteiger charge is -2.07. The first-order chi connectivity index (χ1) is 12.5. The molecule has 1 N–H and O–H groups in total. The molecular weight excluding hydrogens is 412 g/mol. The zero-order valence-electron chi connectivity index (χ0n) is 14.6. The van der Waals surface area contributed by atoms with Crippen molar-refractivity contribution in [2.45, 2.75) is 24.4 Å². The molecule has 7 heteroatoms. The summed E-state index contributed by atoms with van der Waals surface area (Å²) < 4.78 is 2.98. The fourth-order valence-corrected chi connectivity index (χ4v) is 3.55. The van der Waals surface area contributed by atoms with E-state index in [1.807, 2.05) is 48.9 Å². The van der Waals surface area contributed by atoms with Crippen molar-refractivity contribution < 1.29 is 4.79 Å². The van der Waals surface area contributed by atoms with Crippen molar-refractivity contribution >= 4 is 33.6 Å². The van der Waals surface area contributed by atoms with Crippen LogP contribution in [0.4, 0.5) is 0 Å². The fraction of sp³-hybridized carbons (Fsp3) is 0.211. The molecular formula is C19H19BrN4OS. The summed E-state index contributed by atoms with van der Waals surface area (Å²) in [5, 5.41) is 12.2. The SMILES string of the molecule is Cc1cccc(C(=O)NCc2nnc(SCc3ccc(Br)cc3)n2C)c1. The minimum atomic E-state index is -0.110. The topological polar surface area (TPSA) is 59.8 Å². The minimum Gasteiger partial charge on any atom is -0.345 e. The van der Waals surface area contributed by atoms with Crippen molar-refractivity contribution in [1.82, 2.24) is 20.1 Å². The van der Waals surface area contributed by atoms with E-state index < -0.39 is 0 Å². The Kier molecular flexibility index (Phi) is 6.11. The molecule has 0 aliphatic heterocycles. The molecule has 26 heavy (non-hydrogen) atoms. The Morgan fingerprint density at radius 2 is 1.96 bits per heavy atom. The Morgan fingerprint density at radius 3 is 2.69 bits per heavy atom. The molecule has 134 valence electrons. The zero-order chi connectivity index (χ0) is 18.5. The third-order valence-electron chi connectivity index (χ3n) is 3.89. The van der Waals surface area contributed by atoms with E-state index >= 15 is 0 Å². The lowest BCUT2D eigenvalue weighted by atomic mass is 10.1. The molecule has 0 atom stereocenters. The average Bonchev–Trinajstić information content (AvgIpc) is 2.99. The van der Waals surface area contributed by atoms with Gasteiger partial charge in [0.05, 0.1) is 6.54 Å².